The van der Waals surface area contributed by atoms with E-state index in [2.05, 4.69) is 10.6 Å². The van der Waals surface area contributed by atoms with Crippen LogP contribution in [-0.2, 0) is 9.53 Å². The number of amides is 2. The van der Waals surface area contributed by atoms with Gasteiger partial charge in [-0.3, -0.25) is 9.59 Å². The highest BCUT2D eigenvalue weighted by atomic mass is 32.1. The molecule has 3 aromatic carbocycles. The molecule has 1 atom stereocenters. The third-order valence-corrected chi connectivity index (χ3v) is 5.97. The van der Waals surface area contributed by atoms with Gasteiger partial charge in [0.05, 0.1) is 16.5 Å². The molecule has 4 rings (SSSR count). The van der Waals surface area contributed by atoms with E-state index in [4.69, 9.17) is 4.74 Å². The Labute approximate surface area is 195 Å². The minimum atomic E-state index is -0.643. The van der Waals surface area contributed by atoms with Gasteiger partial charge in [0.15, 0.2) is 6.61 Å². The number of thiophene rings is 1. The highest BCUT2D eigenvalue weighted by Gasteiger charge is 2.15. The van der Waals surface area contributed by atoms with Crippen LogP contribution in [0.15, 0.2) is 84.2 Å². The summed E-state index contributed by atoms with van der Waals surface area (Å²) in [5.41, 5.74) is 1.70. The lowest BCUT2D eigenvalue weighted by atomic mass is 10.00. The topological polar surface area (TPSA) is 84.5 Å². The summed E-state index contributed by atoms with van der Waals surface area (Å²) in [4.78, 5) is 37.6. The molecule has 33 heavy (non-hydrogen) atoms. The van der Waals surface area contributed by atoms with Gasteiger partial charge in [-0.1, -0.05) is 54.6 Å². The van der Waals surface area contributed by atoms with Crippen molar-refractivity contribution < 1.29 is 19.1 Å². The predicted octanol–water partition coefficient (Wildman–Crippen LogP) is 5.19. The molecule has 4 aromatic rings. The fraction of sp³-hybridized carbons (Fsp3) is 0.115. The van der Waals surface area contributed by atoms with Gasteiger partial charge >= 0.3 is 5.97 Å². The fourth-order valence-electron chi connectivity index (χ4n) is 3.53. The van der Waals surface area contributed by atoms with Crippen LogP contribution in [0.25, 0.3) is 10.8 Å². The van der Waals surface area contributed by atoms with Crippen LogP contribution in [0.4, 0.5) is 5.69 Å². The van der Waals surface area contributed by atoms with Gasteiger partial charge in [0.25, 0.3) is 11.8 Å². The first-order valence-corrected chi connectivity index (χ1v) is 11.3. The van der Waals surface area contributed by atoms with Gasteiger partial charge in [-0.2, -0.15) is 0 Å². The van der Waals surface area contributed by atoms with Gasteiger partial charge in [0, 0.05) is 5.69 Å². The van der Waals surface area contributed by atoms with Crippen molar-refractivity contribution in [3.8, 4) is 0 Å². The van der Waals surface area contributed by atoms with E-state index < -0.39 is 18.5 Å². The first-order valence-electron chi connectivity index (χ1n) is 10.4. The quantitative estimate of drug-likeness (QED) is 0.374. The van der Waals surface area contributed by atoms with Gasteiger partial charge in [-0.05, 0) is 52.9 Å². The van der Waals surface area contributed by atoms with Crippen LogP contribution in [0.5, 0.6) is 0 Å². The third-order valence-electron chi connectivity index (χ3n) is 5.10. The molecule has 0 aliphatic heterocycles. The maximum atomic E-state index is 12.4. The Kier molecular flexibility index (Phi) is 6.80. The number of hydrogen-bond acceptors (Lipinski definition) is 5. The molecule has 0 aliphatic rings. The van der Waals surface area contributed by atoms with Crippen LogP contribution in [0.3, 0.4) is 0 Å². The number of carbonyl (C=O) groups excluding carboxylic acids is 3. The third kappa shape index (κ3) is 5.45. The number of anilines is 1. The smallest absolute Gasteiger partial charge is 0.338 e. The zero-order valence-electron chi connectivity index (χ0n) is 17.9. The molecule has 1 heterocycles. The molecular weight excluding hydrogens is 436 g/mol. The molecule has 0 saturated heterocycles. The molecule has 7 heteroatoms. The highest BCUT2D eigenvalue weighted by Crippen LogP contribution is 2.24. The van der Waals surface area contributed by atoms with Crippen molar-refractivity contribution >= 4 is 45.6 Å². The molecule has 166 valence electrons. The van der Waals surface area contributed by atoms with Crippen LogP contribution < -0.4 is 10.6 Å². The van der Waals surface area contributed by atoms with Gasteiger partial charge in [-0.15, -0.1) is 11.3 Å². The molecule has 0 spiro atoms. The van der Waals surface area contributed by atoms with Crippen molar-refractivity contribution in [1.29, 1.82) is 0 Å². The number of ether oxygens (including phenoxy) is 1. The SMILES string of the molecule is CC(NC(=O)COC(=O)c1cccc(NC(=O)c2cccs2)c1)c1cccc2ccccc12. The zero-order chi connectivity index (χ0) is 23.2. The van der Waals surface area contributed by atoms with Crippen molar-refractivity contribution in [2.75, 3.05) is 11.9 Å². The predicted molar refractivity (Wildman–Crippen MR) is 130 cm³/mol. The van der Waals surface area contributed by atoms with Crippen molar-refractivity contribution in [3.63, 3.8) is 0 Å². The fourth-order valence-corrected chi connectivity index (χ4v) is 4.15. The van der Waals surface area contributed by atoms with Crippen LogP contribution >= 0.6 is 11.3 Å². The summed E-state index contributed by atoms with van der Waals surface area (Å²) in [6, 6.07) is 23.6. The van der Waals surface area contributed by atoms with Gasteiger partial charge in [-0.25, -0.2) is 4.79 Å². The first kappa shape index (κ1) is 22.2. The molecule has 1 aromatic heterocycles. The number of hydrogen-bond donors (Lipinski definition) is 2. The van der Waals surface area contributed by atoms with E-state index >= 15 is 0 Å². The van der Waals surface area contributed by atoms with Crippen LogP contribution in [0.1, 0.15) is 38.6 Å². The number of esters is 1. The van der Waals surface area contributed by atoms with Crippen molar-refractivity contribution in [1.82, 2.24) is 5.32 Å². The average molecular weight is 459 g/mol. The Balaban J connectivity index is 1.34. The number of carbonyl (C=O) groups is 3. The standard InChI is InChI=1S/C26H22N2O4S/c1-17(21-12-5-8-18-7-2-3-11-22(18)21)27-24(29)16-32-26(31)19-9-4-10-20(15-19)28-25(30)23-13-6-14-33-23/h2-15,17H,16H2,1H3,(H,27,29)(H,28,30). The van der Waals surface area contributed by atoms with Crippen LogP contribution in [0, 0.1) is 0 Å². The minimum absolute atomic E-state index is 0.244. The largest absolute Gasteiger partial charge is 0.452 e. The molecule has 0 bridgehead atoms. The lowest BCUT2D eigenvalue weighted by Crippen LogP contribution is -2.31. The summed E-state index contributed by atoms with van der Waals surface area (Å²) in [6.07, 6.45) is 0. The van der Waals surface area contributed by atoms with Gasteiger partial charge in [0.2, 0.25) is 0 Å². The summed E-state index contributed by atoms with van der Waals surface area (Å²) >= 11 is 1.33. The lowest BCUT2D eigenvalue weighted by molar-refractivity contribution is -0.124. The summed E-state index contributed by atoms with van der Waals surface area (Å²) in [5, 5.41) is 9.59. The number of rotatable bonds is 7. The normalized spacial score (nSPS) is 11.5. The Hall–Kier alpha value is -3.97. The van der Waals surface area contributed by atoms with E-state index in [-0.39, 0.29) is 17.5 Å². The number of benzene rings is 3. The second-order valence-corrected chi connectivity index (χ2v) is 8.39. The average Bonchev–Trinajstić information content (AvgIpc) is 3.37. The molecule has 2 amide bonds. The zero-order valence-corrected chi connectivity index (χ0v) is 18.7. The Bertz CT molecular complexity index is 1300. The molecule has 2 N–H and O–H groups in total. The Morgan fingerprint density at radius 2 is 1.73 bits per heavy atom. The molecular formula is C26H22N2O4S. The molecule has 0 radical (unpaired) electrons. The summed E-state index contributed by atoms with van der Waals surface area (Å²) < 4.78 is 5.18. The van der Waals surface area contributed by atoms with E-state index in [1.54, 1.807) is 30.3 Å². The Morgan fingerprint density at radius 3 is 2.55 bits per heavy atom. The lowest BCUT2D eigenvalue weighted by Gasteiger charge is -2.16. The van der Waals surface area contributed by atoms with E-state index in [0.717, 1.165) is 16.3 Å². The summed E-state index contributed by atoms with van der Waals surface area (Å²) in [6.45, 7) is 1.49. The first-order chi connectivity index (χ1) is 16.0. The summed E-state index contributed by atoms with van der Waals surface area (Å²) in [5.74, 6) is -1.29. The highest BCUT2D eigenvalue weighted by molar-refractivity contribution is 7.12. The van der Waals surface area contributed by atoms with Crippen LogP contribution in [0.2, 0.25) is 0 Å². The molecule has 6 nitrogen and oxygen atoms in total. The van der Waals surface area contributed by atoms with Gasteiger partial charge in [0.1, 0.15) is 0 Å². The van der Waals surface area contributed by atoms with E-state index in [1.807, 2.05) is 54.8 Å². The second-order valence-electron chi connectivity index (χ2n) is 7.45. The van der Waals surface area contributed by atoms with E-state index in [1.165, 1.54) is 17.4 Å². The van der Waals surface area contributed by atoms with Crippen molar-refractivity contribution in [2.45, 2.75) is 13.0 Å². The van der Waals surface area contributed by atoms with E-state index in [9.17, 15) is 14.4 Å². The van der Waals surface area contributed by atoms with E-state index in [0.29, 0.717) is 10.6 Å². The summed E-state index contributed by atoms with van der Waals surface area (Å²) in [7, 11) is 0. The monoisotopic (exact) mass is 458 g/mol. The van der Waals surface area contributed by atoms with Crippen molar-refractivity contribution in [2.24, 2.45) is 0 Å². The van der Waals surface area contributed by atoms with Gasteiger partial charge < -0.3 is 15.4 Å². The maximum absolute atomic E-state index is 12.4. The molecule has 0 saturated carbocycles. The number of fused-ring (bicyclic) bond motifs is 1. The van der Waals surface area contributed by atoms with Crippen molar-refractivity contribution in [3.05, 3.63) is 100 Å². The van der Waals surface area contributed by atoms with Crippen LogP contribution in [-0.4, -0.2) is 24.4 Å². The Morgan fingerprint density at radius 1 is 0.939 bits per heavy atom. The molecule has 0 fully saturated rings. The molecule has 0 aliphatic carbocycles. The second kappa shape index (κ2) is 10.1. The number of nitrogens with one attached hydrogen (secondary N) is 2. The maximum Gasteiger partial charge on any atom is 0.338 e. The minimum Gasteiger partial charge on any atom is -0.452 e. The molecule has 1 unspecified atom stereocenters.